The standard InChI is InChI=1S/C15H17NO4S/c1-18-8-12-9-21-10-16-14(12)15(17)20-7-11-3-5-13(19-2)6-4-11/h3-6,10H,7-9H2,1-2H3. The lowest BCUT2D eigenvalue weighted by Crippen LogP contribution is -2.14. The predicted molar refractivity (Wildman–Crippen MR) is 82.6 cm³/mol. The topological polar surface area (TPSA) is 57.1 Å². The summed E-state index contributed by atoms with van der Waals surface area (Å²) in [5, 5.41) is 0. The average molecular weight is 307 g/mol. The van der Waals surface area contributed by atoms with Crippen LogP contribution in [-0.4, -0.2) is 38.1 Å². The Hall–Kier alpha value is -1.79. The van der Waals surface area contributed by atoms with E-state index in [0.717, 1.165) is 16.9 Å². The quantitative estimate of drug-likeness (QED) is 0.755. The van der Waals surface area contributed by atoms with Crippen molar-refractivity contribution in [1.29, 1.82) is 0 Å². The fourth-order valence-corrected chi connectivity index (χ4v) is 2.48. The van der Waals surface area contributed by atoms with Gasteiger partial charge in [0, 0.05) is 12.9 Å². The van der Waals surface area contributed by atoms with Crippen molar-refractivity contribution in [2.45, 2.75) is 6.61 Å². The number of carbonyl (C=O) groups excluding carboxylic acids is 1. The minimum Gasteiger partial charge on any atom is -0.497 e. The number of hydrogen-bond donors (Lipinski definition) is 0. The lowest BCUT2D eigenvalue weighted by Gasteiger charge is -2.13. The Balaban J connectivity index is 1.98. The Bertz CT molecular complexity index is 551. The van der Waals surface area contributed by atoms with Crippen molar-refractivity contribution in [2.24, 2.45) is 4.99 Å². The zero-order chi connectivity index (χ0) is 15.1. The van der Waals surface area contributed by atoms with Gasteiger partial charge < -0.3 is 14.2 Å². The molecule has 0 aromatic heterocycles. The maximum absolute atomic E-state index is 12.1. The third kappa shape index (κ3) is 4.34. The minimum atomic E-state index is -0.422. The molecule has 2 rings (SSSR count). The number of hydrogen-bond acceptors (Lipinski definition) is 6. The first kappa shape index (κ1) is 15.6. The molecule has 0 fully saturated rings. The Morgan fingerprint density at radius 2 is 2.00 bits per heavy atom. The van der Waals surface area contributed by atoms with Gasteiger partial charge in [-0.1, -0.05) is 12.1 Å². The molecule has 0 saturated carbocycles. The summed E-state index contributed by atoms with van der Waals surface area (Å²) in [6.45, 7) is 0.590. The van der Waals surface area contributed by atoms with E-state index in [4.69, 9.17) is 14.2 Å². The average Bonchev–Trinajstić information content (AvgIpc) is 2.54. The first-order chi connectivity index (χ1) is 10.2. The summed E-state index contributed by atoms with van der Waals surface area (Å²) in [6, 6.07) is 7.37. The van der Waals surface area contributed by atoms with E-state index in [1.807, 2.05) is 24.3 Å². The van der Waals surface area contributed by atoms with Gasteiger partial charge in [0.1, 0.15) is 12.4 Å². The number of ether oxygens (including phenoxy) is 3. The molecule has 5 nitrogen and oxygen atoms in total. The maximum Gasteiger partial charge on any atom is 0.357 e. The Morgan fingerprint density at radius 1 is 1.24 bits per heavy atom. The van der Waals surface area contributed by atoms with E-state index < -0.39 is 5.97 Å². The molecule has 0 aliphatic carbocycles. The van der Waals surface area contributed by atoms with E-state index in [1.165, 1.54) is 11.8 Å². The van der Waals surface area contributed by atoms with Crippen molar-refractivity contribution in [3.05, 3.63) is 41.1 Å². The number of benzene rings is 1. The summed E-state index contributed by atoms with van der Waals surface area (Å²) < 4.78 is 15.5. The van der Waals surface area contributed by atoms with Crippen LogP contribution in [0.15, 0.2) is 40.5 Å². The molecule has 0 radical (unpaired) electrons. The Kier molecular flexibility index (Phi) is 5.83. The van der Waals surface area contributed by atoms with E-state index in [9.17, 15) is 4.79 Å². The van der Waals surface area contributed by atoms with Crippen LogP contribution in [0.25, 0.3) is 0 Å². The summed E-state index contributed by atoms with van der Waals surface area (Å²) in [4.78, 5) is 16.2. The van der Waals surface area contributed by atoms with Crippen LogP contribution in [-0.2, 0) is 20.9 Å². The second-order valence-electron chi connectivity index (χ2n) is 4.35. The van der Waals surface area contributed by atoms with Gasteiger partial charge in [-0.25, -0.2) is 9.79 Å². The van der Waals surface area contributed by atoms with Gasteiger partial charge in [0.15, 0.2) is 5.70 Å². The predicted octanol–water partition coefficient (Wildman–Crippen LogP) is 2.41. The van der Waals surface area contributed by atoms with E-state index in [2.05, 4.69) is 4.99 Å². The molecule has 1 heterocycles. The molecule has 112 valence electrons. The van der Waals surface area contributed by atoms with Crippen LogP contribution < -0.4 is 4.74 Å². The second kappa shape index (κ2) is 7.85. The van der Waals surface area contributed by atoms with Crippen LogP contribution in [0, 0.1) is 0 Å². The number of methoxy groups -OCH3 is 2. The number of aliphatic imine (C=N–C) groups is 1. The van der Waals surface area contributed by atoms with Gasteiger partial charge in [-0.05, 0) is 23.3 Å². The van der Waals surface area contributed by atoms with E-state index in [-0.39, 0.29) is 6.61 Å². The smallest absolute Gasteiger partial charge is 0.357 e. The van der Waals surface area contributed by atoms with Crippen molar-refractivity contribution in [1.82, 2.24) is 0 Å². The van der Waals surface area contributed by atoms with Crippen LogP contribution in [0.3, 0.4) is 0 Å². The van der Waals surface area contributed by atoms with E-state index in [1.54, 1.807) is 19.8 Å². The lowest BCUT2D eigenvalue weighted by atomic mass is 10.2. The molecule has 0 N–H and O–H groups in total. The number of carbonyl (C=O) groups is 1. The molecular formula is C15H17NO4S. The molecule has 0 amide bonds. The van der Waals surface area contributed by atoms with E-state index in [0.29, 0.717) is 18.1 Å². The number of thioether (sulfide) groups is 1. The summed E-state index contributed by atoms with van der Waals surface area (Å²) in [5.74, 6) is 1.04. The van der Waals surface area contributed by atoms with Crippen molar-refractivity contribution in [3.63, 3.8) is 0 Å². The fourth-order valence-electron chi connectivity index (χ4n) is 1.81. The van der Waals surface area contributed by atoms with Gasteiger partial charge in [-0.2, -0.15) is 0 Å². The largest absolute Gasteiger partial charge is 0.497 e. The van der Waals surface area contributed by atoms with Crippen molar-refractivity contribution in [2.75, 3.05) is 26.6 Å². The number of rotatable bonds is 6. The molecular weight excluding hydrogens is 290 g/mol. The van der Waals surface area contributed by atoms with Crippen LogP contribution in [0.5, 0.6) is 5.75 Å². The van der Waals surface area contributed by atoms with Crippen LogP contribution in [0.1, 0.15) is 5.56 Å². The number of esters is 1. The molecule has 0 bridgehead atoms. The van der Waals surface area contributed by atoms with Gasteiger partial charge in [0.2, 0.25) is 0 Å². The highest BCUT2D eigenvalue weighted by Crippen LogP contribution is 2.20. The second-order valence-corrected chi connectivity index (χ2v) is 5.19. The highest BCUT2D eigenvalue weighted by Gasteiger charge is 2.18. The molecule has 1 aromatic rings. The monoisotopic (exact) mass is 307 g/mol. The fraction of sp³-hybridized carbons (Fsp3) is 0.333. The summed E-state index contributed by atoms with van der Waals surface area (Å²) in [7, 11) is 3.20. The zero-order valence-corrected chi connectivity index (χ0v) is 12.8. The van der Waals surface area contributed by atoms with Crippen molar-refractivity contribution >= 4 is 23.3 Å². The molecule has 1 aromatic carbocycles. The summed E-state index contributed by atoms with van der Waals surface area (Å²) >= 11 is 1.53. The maximum atomic E-state index is 12.1. The van der Waals surface area contributed by atoms with Gasteiger partial charge in [0.05, 0.1) is 19.3 Å². The molecule has 21 heavy (non-hydrogen) atoms. The van der Waals surface area contributed by atoms with Crippen LogP contribution >= 0.6 is 11.8 Å². The third-order valence-corrected chi connectivity index (χ3v) is 3.66. The lowest BCUT2D eigenvalue weighted by molar-refractivity contribution is -0.140. The van der Waals surface area contributed by atoms with Gasteiger partial charge >= 0.3 is 5.97 Å². The molecule has 1 aliphatic rings. The van der Waals surface area contributed by atoms with Crippen molar-refractivity contribution in [3.8, 4) is 5.75 Å². The third-order valence-electron chi connectivity index (χ3n) is 2.89. The van der Waals surface area contributed by atoms with Gasteiger partial charge in [-0.15, -0.1) is 11.8 Å². The van der Waals surface area contributed by atoms with Gasteiger partial charge in [-0.3, -0.25) is 0 Å². The highest BCUT2D eigenvalue weighted by molar-refractivity contribution is 8.12. The SMILES string of the molecule is COCC1=C(C(=O)OCc2ccc(OC)cc2)N=CSC1. The number of nitrogens with zero attached hydrogens (tertiary/aromatic N) is 1. The normalized spacial score (nSPS) is 14.2. The molecule has 0 unspecified atom stereocenters. The minimum absolute atomic E-state index is 0.204. The first-order valence-corrected chi connectivity index (χ1v) is 7.44. The summed E-state index contributed by atoms with van der Waals surface area (Å²) in [5.41, 5.74) is 3.75. The first-order valence-electron chi connectivity index (χ1n) is 6.39. The molecule has 1 aliphatic heterocycles. The Labute approximate surface area is 128 Å². The van der Waals surface area contributed by atoms with E-state index >= 15 is 0 Å². The Morgan fingerprint density at radius 3 is 2.67 bits per heavy atom. The van der Waals surface area contributed by atoms with Crippen molar-refractivity contribution < 1.29 is 19.0 Å². The van der Waals surface area contributed by atoms with Crippen LogP contribution in [0.4, 0.5) is 0 Å². The molecule has 0 atom stereocenters. The molecule has 0 spiro atoms. The summed E-state index contributed by atoms with van der Waals surface area (Å²) in [6.07, 6.45) is 0. The highest BCUT2D eigenvalue weighted by atomic mass is 32.2. The molecule has 6 heteroatoms. The van der Waals surface area contributed by atoms with Gasteiger partial charge in [0.25, 0.3) is 0 Å². The zero-order valence-electron chi connectivity index (χ0n) is 12.0. The van der Waals surface area contributed by atoms with Crippen LogP contribution in [0.2, 0.25) is 0 Å². The molecule has 0 saturated heterocycles.